The van der Waals surface area contributed by atoms with Crippen LogP contribution >= 0.6 is 0 Å². The van der Waals surface area contributed by atoms with Gasteiger partial charge in [-0.2, -0.15) is 0 Å². The number of carbonyl (C=O) groups is 2. The standard InChI is InChI=1S/C20H30N4O3/c1-22-11-3-4-17(22)9-10-21-20(26)24-14-12-23(13-15-24)19(25)16-5-7-18(27-2)8-6-16/h5-8,17H,3-4,9-15H2,1-2H3,(H,21,26)/t17-/m0/s1. The molecule has 148 valence electrons. The van der Waals surface area contributed by atoms with Crippen molar-refractivity contribution in [1.29, 1.82) is 0 Å². The smallest absolute Gasteiger partial charge is 0.317 e. The van der Waals surface area contributed by atoms with Gasteiger partial charge in [-0.3, -0.25) is 4.79 Å². The molecule has 1 atom stereocenters. The van der Waals surface area contributed by atoms with E-state index in [9.17, 15) is 9.59 Å². The lowest BCUT2D eigenvalue weighted by Crippen LogP contribution is -2.53. The van der Waals surface area contributed by atoms with E-state index in [0.717, 1.165) is 18.7 Å². The first-order valence-electron chi connectivity index (χ1n) is 9.75. The first kappa shape index (κ1) is 19.5. The molecule has 0 bridgehead atoms. The van der Waals surface area contributed by atoms with Gasteiger partial charge in [0.25, 0.3) is 5.91 Å². The highest BCUT2D eigenvalue weighted by molar-refractivity contribution is 5.94. The maximum atomic E-state index is 12.6. The van der Waals surface area contributed by atoms with Crippen molar-refractivity contribution >= 4 is 11.9 Å². The summed E-state index contributed by atoms with van der Waals surface area (Å²) in [7, 11) is 3.76. The van der Waals surface area contributed by atoms with Crippen LogP contribution in [0.2, 0.25) is 0 Å². The van der Waals surface area contributed by atoms with E-state index in [1.54, 1.807) is 41.2 Å². The number of rotatable bonds is 5. The summed E-state index contributed by atoms with van der Waals surface area (Å²) >= 11 is 0. The van der Waals surface area contributed by atoms with Gasteiger partial charge in [0, 0.05) is 44.3 Å². The second-order valence-electron chi connectivity index (χ2n) is 7.31. The second kappa shape index (κ2) is 9.08. The predicted molar refractivity (Wildman–Crippen MR) is 104 cm³/mol. The zero-order valence-electron chi connectivity index (χ0n) is 16.3. The van der Waals surface area contributed by atoms with Crippen LogP contribution < -0.4 is 10.1 Å². The Morgan fingerprint density at radius 2 is 1.74 bits per heavy atom. The number of urea groups is 1. The third kappa shape index (κ3) is 4.91. The molecule has 7 nitrogen and oxygen atoms in total. The van der Waals surface area contributed by atoms with Crippen LogP contribution in [0.3, 0.4) is 0 Å². The molecule has 0 aliphatic carbocycles. The van der Waals surface area contributed by atoms with Crippen molar-refractivity contribution in [2.75, 3.05) is 53.4 Å². The van der Waals surface area contributed by atoms with Crippen molar-refractivity contribution in [3.63, 3.8) is 0 Å². The monoisotopic (exact) mass is 374 g/mol. The second-order valence-corrected chi connectivity index (χ2v) is 7.31. The maximum absolute atomic E-state index is 12.6. The first-order valence-corrected chi connectivity index (χ1v) is 9.75. The van der Waals surface area contributed by atoms with E-state index in [1.807, 2.05) is 0 Å². The average Bonchev–Trinajstić information content (AvgIpc) is 3.12. The number of hydrogen-bond acceptors (Lipinski definition) is 4. The Hall–Kier alpha value is -2.28. The van der Waals surface area contributed by atoms with Crippen molar-refractivity contribution in [3.05, 3.63) is 29.8 Å². The van der Waals surface area contributed by atoms with Crippen molar-refractivity contribution in [3.8, 4) is 5.75 Å². The number of nitrogens with zero attached hydrogens (tertiary/aromatic N) is 3. The molecule has 2 saturated heterocycles. The largest absolute Gasteiger partial charge is 0.497 e. The van der Waals surface area contributed by atoms with E-state index in [2.05, 4.69) is 17.3 Å². The summed E-state index contributed by atoms with van der Waals surface area (Å²) in [6.07, 6.45) is 3.47. The fraction of sp³-hybridized carbons (Fsp3) is 0.600. The summed E-state index contributed by atoms with van der Waals surface area (Å²) in [5, 5.41) is 3.03. The highest BCUT2D eigenvalue weighted by atomic mass is 16.5. The summed E-state index contributed by atoms with van der Waals surface area (Å²) in [4.78, 5) is 30.9. The average molecular weight is 374 g/mol. The Bertz CT molecular complexity index is 641. The molecule has 2 aliphatic heterocycles. The predicted octanol–water partition coefficient (Wildman–Crippen LogP) is 1.65. The number of ether oxygens (including phenoxy) is 1. The molecule has 3 amide bonds. The van der Waals surface area contributed by atoms with Gasteiger partial charge in [-0.25, -0.2) is 4.79 Å². The molecule has 0 aromatic heterocycles. The number of benzene rings is 1. The van der Waals surface area contributed by atoms with Gasteiger partial charge in [0.1, 0.15) is 5.75 Å². The summed E-state index contributed by atoms with van der Waals surface area (Å²) in [5.41, 5.74) is 0.648. The van der Waals surface area contributed by atoms with Crippen LogP contribution in [0.1, 0.15) is 29.6 Å². The first-order chi connectivity index (χ1) is 13.1. The lowest BCUT2D eigenvalue weighted by molar-refractivity contribution is 0.0665. The van der Waals surface area contributed by atoms with Crippen molar-refractivity contribution < 1.29 is 14.3 Å². The Morgan fingerprint density at radius 1 is 1.07 bits per heavy atom. The van der Waals surface area contributed by atoms with E-state index in [4.69, 9.17) is 4.74 Å². The lowest BCUT2D eigenvalue weighted by atomic mass is 10.1. The summed E-state index contributed by atoms with van der Waals surface area (Å²) in [6.45, 7) is 4.11. The molecule has 2 heterocycles. The minimum atomic E-state index is -0.0211. The lowest BCUT2D eigenvalue weighted by Gasteiger charge is -2.35. The van der Waals surface area contributed by atoms with Crippen LogP contribution in [0.5, 0.6) is 5.75 Å². The molecule has 0 saturated carbocycles. The molecule has 0 spiro atoms. The number of piperazine rings is 1. The van der Waals surface area contributed by atoms with Crippen LogP contribution in [-0.4, -0.2) is 86.1 Å². The fourth-order valence-corrected chi connectivity index (χ4v) is 3.83. The zero-order valence-corrected chi connectivity index (χ0v) is 16.3. The molecule has 2 fully saturated rings. The molecular weight excluding hydrogens is 344 g/mol. The van der Waals surface area contributed by atoms with Crippen LogP contribution in [0, 0.1) is 0 Å². The van der Waals surface area contributed by atoms with Gasteiger partial charge < -0.3 is 24.8 Å². The van der Waals surface area contributed by atoms with Gasteiger partial charge in [0.05, 0.1) is 7.11 Å². The quantitative estimate of drug-likeness (QED) is 0.851. The minimum Gasteiger partial charge on any atom is -0.497 e. The van der Waals surface area contributed by atoms with Crippen molar-refractivity contribution in [2.24, 2.45) is 0 Å². The molecule has 0 radical (unpaired) electrons. The molecule has 0 unspecified atom stereocenters. The van der Waals surface area contributed by atoms with Crippen LogP contribution in [0.4, 0.5) is 4.79 Å². The summed E-state index contributed by atoms with van der Waals surface area (Å²) in [5.74, 6) is 0.735. The summed E-state index contributed by atoms with van der Waals surface area (Å²) < 4.78 is 5.13. The topological polar surface area (TPSA) is 65.1 Å². The van der Waals surface area contributed by atoms with Gasteiger partial charge in [0.15, 0.2) is 0 Å². The van der Waals surface area contributed by atoms with E-state index < -0.39 is 0 Å². The van der Waals surface area contributed by atoms with E-state index in [-0.39, 0.29) is 11.9 Å². The SMILES string of the molecule is COc1ccc(C(=O)N2CCN(C(=O)NCC[C@@H]3CCCN3C)CC2)cc1. The molecule has 3 rings (SSSR count). The maximum Gasteiger partial charge on any atom is 0.317 e. The van der Waals surface area contributed by atoms with Crippen molar-refractivity contribution in [1.82, 2.24) is 20.0 Å². The normalized spacial score (nSPS) is 20.6. The molecule has 1 aromatic carbocycles. The van der Waals surface area contributed by atoms with E-state index in [1.165, 1.54) is 12.8 Å². The highest BCUT2D eigenvalue weighted by Gasteiger charge is 2.25. The number of carbonyl (C=O) groups excluding carboxylic acids is 2. The van der Waals surface area contributed by atoms with Gasteiger partial charge >= 0.3 is 6.03 Å². The molecule has 27 heavy (non-hydrogen) atoms. The Kier molecular flexibility index (Phi) is 6.55. The van der Waals surface area contributed by atoms with Gasteiger partial charge in [-0.15, -0.1) is 0 Å². The number of amides is 3. The van der Waals surface area contributed by atoms with Gasteiger partial charge in [-0.1, -0.05) is 0 Å². The third-order valence-corrected chi connectivity index (χ3v) is 5.62. The third-order valence-electron chi connectivity index (χ3n) is 5.62. The molecule has 7 heteroatoms. The fourth-order valence-electron chi connectivity index (χ4n) is 3.83. The molecule has 1 aromatic rings. The van der Waals surface area contributed by atoms with Crippen LogP contribution in [-0.2, 0) is 0 Å². The van der Waals surface area contributed by atoms with E-state index >= 15 is 0 Å². The summed E-state index contributed by atoms with van der Waals surface area (Å²) in [6, 6.07) is 7.70. The number of hydrogen-bond donors (Lipinski definition) is 1. The minimum absolute atomic E-state index is 0.00184. The number of methoxy groups -OCH3 is 1. The van der Waals surface area contributed by atoms with Gasteiger partial charge in [0.2, 0.25) is 0 Å². The van der Waals surface area contributed by atoms with Gasteiger partial charge in [-0.05, 0) is 57.1 Å². The number of nitrogens with one attached hydrogen (secondary N) is 1. The molecular formula is C20H30N4O3. The highest BCUT2D eigenvalue weighted by Crippen LogP contribution is 2.17. The number of likely N-dealkylation sites (tertiary alicyclic amines) is 1. The van der Waals surface area contributed by atoms with Crippen molar-refractivity contribution in [2.45, 2.75) is 25.3 Å². The zero-order chi connectivity index (χ0) is 19.2. The Labute approximate surface area is 161 Å². The Balaban J connectivity index is 1.41. The Morgan fingerprint density at radius 3 is 2.33 bits per heavy atom. The van der Waals surface area contributed by atoms with Crippen LogP contribution in [0.25, 0.3) is 0 Å². The molecule has 2 aliphatic rings. The van der Waals surface area contributed by atoms with Crippen LogP contribution in [0.15, 0.2) is 24.3 Å². The van der Waals surface area contributed by atoms with E-state index in [0.29, 0.717) is 44.3 Å². The molecule has 1 N–H and O–H groups in total.